The van der Waals surface area contributed by atoms with E-state index in [2.05, 4.69) is 40.6 Å². The van der Waals surface area contributed by atoms with Crippen molar-refractivity contribution in [2.24, 2.45) is 0 Å². The fourth-order valence-electron chi connectivity index (χ4n) is 1.88. The molecule has 0 spiro atoms. The Bertz CT molecular complexity index is 498. The van der Waals surface area contributed by atoms with Gasteiger partial charge in [0.2, 0.25) is 0 Å². The number of nitrogens with one attached hydrogen (secondary N) is 1. The lowest BCUT2D eigenvalue weighted by Crippen LogP contribution is -2.12. The first-order valence-corrected chi connectivity index (χ1v) is 6.30. The molecular weight excluding hydrogens is 228 g/mol. The van der Waals surface area contributed by atoms with Crippen LogP contribution >= 0.6 is 0 Å². The van der Waals surface area contributed by atoms with Crippen LogP contribution in [-0.2, 0) is 19.6 Å². The molecule has 0 saturated heterocycles. The molecule has 0 unspecified atom stereocenters. The van der Waals surface area contributed by atoms with E-state index < -0.39 is 0 Å². The quantitative estimate of drug-likeness (QED) is 0.825. The highest BCUT2D eigenvalue weighted by atomic mass is 15.4. The lowest BCUT2D eigenvalue weighted by Gasteiger charge is -2.03. The molecule has 0 bridgehead atoms. The van der Waals surface area contributed by atoms with E-state index in [0.717, 1.165) is 37.6 Å². The third kappa shape index (κ3) is 3.16. The van der Waals surface area contributed by atoms with Gasteiger partial charge in [0.05, 0.1) is 24.5 Å². The van der Waals surface area contributed by atoms with Crippen LogP contribution in [0, 0.1) is 13.8 Å². The summed E-state index contributed by atoms with van der Waals surface area (Å²) in [6, 6.07) is 2.08. The maximum absolute atomic E-state index is 4.42. The van der Waals surface area contributed by atoms with Crippen LogP contribution in [0.2, 0.25) is 0 Å². The summed E-state index contributed by atoms with van der Waals surface area (Å²) in [6.07, 6.45) is 1.98. The average Bonchev–Trinajstić information content (AvgIpc) is 2.91. The zero-order valence-electron chi connectivity index (χ0n) is 11.2. The molecule has 0 amide bonds. The maximum atomic E-state index is 4.42. The van der Waals surface area contributed by atoms with Crippen LogP contribution in [0.3, 0.4) is 0 Å². The molecule has 0 aromatic carbocycles. The smallest absolute Gasteiger partial charge is 0.0964 e. The molecule has 0 radical (unpaired) electrons. The van der Waals surface area contributed by atoms with Gasteiger partial charge >= 0.3 is 0 Å². The molecule has 0 aliphatic rings. The summed E-state index contributed by atoms with van der Waals surface area (Å²) in [5, 5.41) is 15.9. The molecule has 1 N–H and O–H groups in total. The van der Waals surface area contributed by atoms with Gasteiger partial charge in [-0.1, -0.05) is 12.1 Å². The summed E-state index contributed by atoms with van der Waals surface area (Å²) in [4.78, 5) is 0. The standard InChI is InChI=1S/C12H20N6/c1-4-13-8-12-9-17(16-14-12)5-6-18-11(3)7-10(2)15-18/h7,9,13H,4-6,8H2,1-3H3. The fourth-order valence-corrected chi connectivity index (χ4v) is 1.88. The van der Waals surface area contributed by atoms with Gasteiger partial charge in [-0.2, -0.15) is 5.10 Å². The van der Waals surface area contributed by atoms with E-state index in [1.54, 1.807) is 0 Å². The number of hydrogen-bond acceptors (Lipinski definition) is 4. The third-order valence-corrected chi connectivity index (χ3v) is 2.79. The highest BCUT2D eigenvalue weighted by Crippen LogP contribution is 2.02. The van der Waals surface area contributed by atoms with Crippen LogP contribution in [0.15, 0.2) is 12.3 Å². The molecule has 0 aliphatic heterocycles. The van der Waals surface area contributed by atoms with Crippen molar-refractivity contribution < 1.29 is 0 Å². The summed E-state index contributed by atoms with van der Waals surface area (Å²) in [5.74, 6) is 0. The first kappa shape index (κ1) is 12.8. The maximum Gasteiger partial charge on any atom is 0.0964 e. The van der Waals surface area contributed by atoms with Gasteiger partial charge in [-0.05, 0) is 26.5 Å². The second kappa shape index (κ2) is 5.77. The minimum Gasteiger partial charge on any atom is -0.311 e. The summed E-state index contributed by atoms with van der Waals surface area (Å²) in [7, 11) is 0. The summed E-state index contributed by atoms with van der Waals surface area (Å²) < 4.78 is 3.87. The molecule has 6 heteroatoms. The predicted octanol–water partition coefficient (Wildman–Crippen LogP) is 0.901. The van der Waals surface area contributed by atoms with Crippen molar-refractivity contribution in [3.63, 3.8) is 0 Å². The number of nitrogens with zero attached hydrogens (tertiary/aromatic N) is 5. The Morgan fingerprint density at radius 1 is 1.28 bits per heavy atom. The van der Waals surface area contributed by atoms with Crippen molar-refractivity contribution in [1.82, 2.24) is 30.1 Å². The molecule has 18 heavy (non-hydrogen) atoms. The topological polar surface area (TPSA) is 60.6 Å². The van der Waals surface area contributed by atoms with Crippen LogP contribution in [-0.4, -0.2) is 31.3 Å². The average molecular weight is 248 g/mol. The van der Waals surface area contributed by atoms with Crippen molar-refractivity contribution in [3.05, 3.63) is 29.3 Å². The van der Waals surface area contributed by atoms with E-state index in [1.807, 2.05) is 22.5 Å². The predicted molar refractivity (Wildman–Crippen MR) is 69.1 cm³/mol. The van der Waals surface area contributed by atoms with E-state index >= 15 is 0 Å². The first-order chi connectivity index (χ1) is 8.69. The molecular formula is C12H20N6. The SMILES string of the molecule is CCNCc1cn(CCn2nc(C)cc2C)nn1. The van der Waals surface area contributed by atoms with Gasteiger partial charge in [0.15, 0.2) is 0 Å². The van der Waals surface area contributed by atoms with Gasteiger partial charge in [-0.25, -0.2) is 0 Å². The van der Waals surface area contributed by atoms with Gasteiger partial charge in [0.25, 0.3) is 0 Å². The Morgan fingerprint density at radius 3 is 2.78 bits per heavy atom. The number of hydrogen-bond donors (Lipinski definition) is 1. The van der Waals surface area contributed by atoms with E-state index in [-0.39, 0.29) is 0 Å². The van der Waals surface area contributed by atoms with Gasteiger partial charge in [0, 0.05) is 18.4 Å². The van der Waals surface area contributed by atoms with E-state index in [0.29, 0.717) is 0 Å². The Labute approximate surface area is 107 Å². The summed E-state index contributed by atoms with van der Waals surface area (Å²) in [6.45, 7) is 9.48. The van der Waals surface area contributed by atoms with Crippen molar-refractivity contribution in [2.75, 3.05) is 6.54 Å². The molecule has 0 saturated carbocycles. The van der Waals surface area contributed by atoms with Crippen LogP contribution in [0.5, 0.6) is 0 Å². The Hall–Kier alpha value is -1.69. The molecule has 98 valence electrons. The molecule has 2 heterocycles. The highest BCUT2D eigenvalue weighted by Gasteiger charge is 2.03. The number of aryl methyl sites for hydroxylation is 4. The van der Waals surface area contributed by atoms with Gasteiger partial charge in [0.1, 0.15) is 0 Å². The molecule has 6 nitrogen and oxygen atoms in total. The van der Waals surface area contributed by atoms with E-state index in [1.165, 1.54) is 5.69 Å². The van der Waals surface area contributed by atoms with Crippen molar-refractivity contribution in [2.45, 2.75) is 40.4 Å². The zero-order chi connectivity index (χ0) is 13.0. The Morgan fingerprint density at radius 2 is 2.11 bits per heavy atom. The van der Waals surface area contributed by atoms with Crippen LogP contribution in [0.25, 0.3) is 0 Å². The monoisotopic (exact) mass is 248 g/mol. The molecule has 0 fully saturated rings. The summed E-state index contributed by atoms with van der Waals surface area (Å²) >= 11 is 0. The number of rotatable bonds is 6. The van der Waals surface area contributed by atoms with Gasteiger partial charge in [-0.3, -0.25) is 9.36 Å². The van der Waals surface area contributed by atoms with Crippen LogP contribution in [0.1, 0.15) is 24.0 Å². The van der Waals surface area contributed by atoms with Crippen molar-refractivity contribution >= 4 is 0 Å². The van der Waals surface area contributed by atoms with Crippen molar-refractivity contribution in [3.8, 4) is 0 Å². The van der Waals surface area contributed by atoms with E-state index in [4.69, 9.17) is 0 Å². The molecule has 0 atom stereocenters. The zero-order valence-corrected chi connectivity index (χ0v) is 11.2. The minimum absolute atomic E-state index is 0.774. The van der Waals surface area contributed by atoms with Gasteiger partial charge in [-0.15, -0.1) is 5.10 Å². The van der Waals surface area contributed by atoms with Crippen LogP contribution < -0.4 is 5.32 Å². The lowest BCUT2D eigenvalue weighted by atomic mass is 10.4. The molecule has 2 rings (SSSR count). The number of aromatic nitrogens is 5. The fraction of sp³-hybridized carbons (Fsp3) is 0.583. The third-order valence-electron chi connectivity index (χ3n) is 2.79. The second-order valence-electron chi connectivity index (χ2n) is 4.40. The second-order valence-corrected chi connectivity index (χ2v) is 4.40. The Kier molecular flexibility index (Phi) is 4.09. The largest absolute Gasteiger partial charge is 0.311 e. The normalized spacial score (nSPS) is 11.1. The minimum atomic E-state index is 0.774. The molecule has 0 aliphatic carbocycles. The molecule has 2 aromatic heterocycles. The Balaban J connectivity index is 1.90. The van der Waals surface area contributed by atoms with E-state index in [9.17, 15) is 0 Å². The molecule has 2 aromatic rings. The highest BCUT2D eigenvalue weighted by molar-refractivity contribution is 5.06. The lowest BCUT2D eigenvalue weighted by molar-refractivity contribution is 0.481. The summed E-state index contributed by atoms with van der Waals surface area (Å²) in [5.41, 5.74) is 3.21. The van der Waals surface area contributed by atoms with Crippen molar-refractivity contribution in [1.29, 1.82) is 0 Å². The van der Waals surface area contributed by atoms with Gasteiger partial charge < -0.3 is 5.32 Å². The van der Waals surface area contributed by atoms with Crippen LogP contribution in [0.4, 0.5) is 0 Å². The first-order valence-electron chi connectivity index (χ1n) is 6.30.